The van der Waals surface area contributed by atoms with Crippen LogP contribution in [0, 0.1) is 18.6 Å². The van der Waals surface area contributed by atoms with E-state index in [9.17, 15) is 18.7 Å². The lowest BCUT2D eigenvalue weighted by atomic mass is 9.97. The maximum Gasteiger partial charge on any atom is 0.257 e. The Morgan fingerprint density at radius 3 is 2.57 bits per heavy atom. The highest BCUT2D eigenvalue weighted by Crippen LogP contribution is 2.29. The topological polar surface area (TPSA) is 114 Å². The first-order valence-electron chi connectivity index (χ1n) is 12.5. The van der Waals surface area contributed by atoms with Crippen LogP contribution in [0.4, 0.5) is 14.6 Å². The van der Waals surface area contributed by atoms with Crippen LogP contribution in [0.5, 0.6) is 5.75 Å². The van der Waals surface area contributed by atoms with Crippen molar-refractivity contribution in [2.45, 2.75) is 45.2 Å². The lowest BCUT2D eigenvalue weighted by Gasteiger charge is -2.47. The molecule has 196 valence electrons. The fourth-order valence-electron chi connectivity index (χ4n) is 5.41. The number of H-pyrrole nitrogens is 1. The maximum absolute atomic E-state index is 13.7. The van der Waals surface area contributed by atoms with Gasteiger partial charge in [0.15, 0.2) is 17.5 Å². The summed E-state index contributed by atoms with van der Waals surface area (Å²) in [7, 11) is 0. The van der Waals surface area contributed by atoms with Gasteiger partial charge in [0, 0.05) is 50.9 Å². The van der Waals surface area contributed by atoms with Crippen LogP contribution in [0.15, 0.2) is 24.7 Å². The number of carbonyl (C=O) groups is 1. The average Bonchev–Trinajstić information content (AvgIpc) is 3.45. The van der Waals surface area contributed by atoms with Gasteiger partial charge in [0.05, 0.1) is 17.5 Å². The Labute approximate surface area is 213 Å². The van der Waals surface area contributed by atoms with E-state index in [0.717, 1.165) is 56.5 Å². The molecule has 2 aliphatic rings. The summed E-state index contributed by atoms with van der Waals surface area (Å²) in [6.07, 6.45) is 5.68. The van der Waals surface area contributed by atoms with Crippen LogP contribution < -0.4 is 4.90 Å². The number of rotatable bonds is 5. The summed E-state index contributed by atoms with van der Waals surface area (Å²) in [5, 5.41) is 16.6. The molecule has 1 atom stereocenters. The second kappa shape index (κ2) is 10.4. The van der Waals surface area contributed by atoms with E-state index in [0.29, 0.717) is 42.8 Å². The molecule has 4 heterocycles. The van der Waals surface area contributed by atoms with E-state index in [1.54, 1.807) is 11.1 Å². The number of carbonyl (C=O) groups excluding carboxylic acids is 1. The largest absolute Gasteiger partial charge is 0.507 e. The van der Waals surface area contributed by atoms with Crippen LogP contribution in [0.1, 0.15) is 42.2 Å². The van der Waals surface area contributed by atoms with Gasteiger partial charge in [-0.1, -0.05) is 6.92 Å². The monoisotopic (exact) mass is 512 g/mol. The van der Waals surface area contributed by atoms with Crippen molar-refractivity contribution in [3.05, 3.63) is 47.5 Å². The van der Waals surface area contributed by atoms with Crippen molar-refractivity contribution >= 4 is 11.7 Å². The number of aryl methyl sites for hydroxylation is 1. The number of amides is 1. The van der Waals surface area contributed by atoms with Crippen molar-refractivity contribution in [2.75, 3.05) is 37.6 Å². The van der Waals surface area contributed by atoms with Crippen molar-refractivity contribution in [1.82, 2.24) is 34.9 Å². The van der Waals surface area contributed by atoms with Gasteiger partial charge in [-0.25, -0.2) is 23.7 Å². The number of hydrogen-bond acceptors (Lipinski definition) is 8. The highest BCUT2D eigenvalue weighted by molar-refractivity contribution is 5.96. The lowest BCUT2D eigenvalue weighted by Crippen LogP contribution is -2.59. The van der Waals surface area contributed by atoms with E-state index in [-0.39, 0.29) is 5.56 Å². The van der Waals surface area contributed by atoms with Gasteiger partial charge >= 0.3 is 0 Å². The van der Waals surface area contributed by atoms with Gasteiger partial charge in [-0.05, 0) is 32.3 Å². The molecule has 37 heavy (non-hydrogen) atoms. The van der Waals surface area contributed by atoms with Gasteiger partial charge in [0.2, 0.25) is 0 Å². The van der Waals surface area contributed by atoms with Gasteiger partial charge in [0.25, 0.3) is 5.91 Å². The molecule has 1 unspecified atom stereocenters. The zero-order valence-electron chi connectivity index (χ0n) is 20.9. The Morgan fingerprint density at radius 2 is 1.89 bits per heavy atom. The minimum atomic E-state index is -1.18. The number of benzene rings is 1. The maximum atomic E-state index is 13.7. The quantitative estimate of drug-likeness (QED) is 0.537. The highest BCUT2D eigenvalue weighted by Gasteiger charge is 2.35. The number of aromatic nitrogens is 5. The van der Waals surface area contributed by atoms with Gasteiger partial charge in [-0.15, -0.1) is 0 Å². The van der Waals surface area contributed by atoms with Gasteiger partial charge in [-0.2, -0.15) is 5.10 Å². The van der Waals surface area contributed by atoms with Crippen LogP contribution in [0.3, 0.4) is 0 Å². The third kappa shape index (κ3) is 4.97. The average molecular weight is 513 g/mol. The second-order valence-electron chi connectivity index (χ2n) is 9.55. The molecule has 1 aromatic carbocycles. The standard InChI is InChI=1S/C25H30F2N8O2/c1-3-16-13-34(24-15(2)31-21(12-28-24)23-29-14-30-32-23)8-9-35(16)17-4-6-33(7-5-17)25(37)18-10-19(26)20(27)11-22(18)36/h10-12,14,16-17,36H,3-9,13H2,1-2H3,(H,29,30,32). The van der Waals surface area contributed by atoms with Crippen LogP contribution >= 0.6 is 0 Å². The molecule has 5 rings (SSSR count). The molecule has 3 aromatic rings. The number of piperazine rings is 1. The summed E-state index contributed by atoms with van der Waals surface area (Å²) in [4.78, 5) is 32.8. The number of nitrogens with one attached hydrogen (secondary N) is 1. The summed E-state index contributed by atoms with van der Waals surface area (Å²) in [5.74, 6) is -1.89. The fraction of sp³-hybridized carbons (Fsp3) is 0.480. The van der Waals surface area contributed by atoms with Crippen LogP contribution in [-0.4, -0.2) is 90.8 Å². The molecule has 0 aliphatic carbocycles. The number of phenolic OH excluding ortho intramolecular Hbond substituents is 1. The molecule has 2 aliphatic heterocycles. The molecule has 0 radical (unpaired) electrons. The number of phenols is 1. The van der Waals surface area contributed by atoms with Crippen LogP contribution in [0.25, 0.3) is 11.5 Å². The van der Waals surface area contributed by atoms with E-state index in [2.05, 4.69) is 41.9 Å². The second-order valence-corrected chi connectivity index (χ2v) is 9.55. The van der Waals surface area contributed by atoms with Gasteiger partial charge < -0.3 is 14.9 Å². The van der Waals surface area contributed by atoms with Crippen molar-refractivity contribution in [2.24, 2.45) is 0 Å². The number of anilines is 1. The molecule has 2 N–H and O–H groups in total. The van der Waals surface area contributed by atoms with E-state index in [1.807, 2.05) is 6.92 Å². The number of piperidine rings is 1. The highest BCUT2D eigenvalue weighted by atomic mass is 19.2. The predicted molar refractivity (Wildman–Crippen MR) is 132 cm³/mol. The summed E-state index contributed by atoms with van der Waals surface area (Å²) < 4.78 is 27.0. The first kappa shape index (κ1) is 25.0. The Balaban J connectivity index is 1.21. The van der Waals surface area contributed by atoms with Crippen molar-refractivity contribution < 1.29 is 18.7 Å². The van der Waals surface area contributed by atoms with E-state index < -0.39 is 23.3 Å². The molecule has 0 spiro atoms. The van der Waals surface area contributed by atoms with Gasteiger partial charge in [0.1, 0.15) is 23.6 Å². The number of nitrogens with zero attached hydrogens (tertiary/aromatic N) is 7. The number of halogens is 2. The Bertz CT molecular complexity index is 1260. The number of likely N-dealkylation sites (tertiary alicyclic amines) is 1. The van der Waals surface area contributed by atoms with Gasteiger partial charge in [-0.3, -0.25) is 14.8 Å². The van der Waals surface area contributed by atoms with E-state index >= 15 is 0 Å². The number of aromatic amines is 1. The zero-order valence-corrected chi connectivity index (χ0v) is 20.9. The molecule has 0 bridgehead atoms. The van der Waals surface area contributed by atoms with Crippen molar-refractivity contribution in [3.8, 4) is 17.3 Å². The molecule has 2 aromatic heterocycles. The first-order chi connectivity index (χ1) is 17.9. The molecule has 10 nitrogen and oxygen atoms in total. The molecular formula is C25H30F2N8O2. The Hall–Kier alpha value is -3.67. The van der Waals surface area contributed by atoms with Crippen LogP contribution in [0.2, 0.25) is 0 Å². The third-order valence-corrected chi connectivity index (χ3v) is 7.37. The molecule has 2 fully saturated rings. The third-order valence-electron chi connectivity index (χ3n) is 7.37. The summed E-state index contributed by atoms with van der Waals surface area (Å²) >= 11 is 0. The Kier molecular flexibility index (Phi) is 7.00. The summed E-state index contributed by atoms with van der Waals surface area (Å²) in [6, 6.07) is 2.06. The lowest BCUT2D eigenvalue weighted by molar-refractivity contribution is 0.0488. The molecule has 1 amide bonds. The Morgan fingerprint density at radius 1 is 1.14 bits per heavy atom. The normalized spacial score (nSPS) is 19.4. The SMILES string of the molecule is CCC1CN(c2ncc(-c3ncn[nH]3)nc2C)CCN1C1CCN(C(=O)c2cc(F)c(F)cc2O)CC1. The predicted octanol–water partition coefficient (Wildman–Crippen LogP) is 2.76. The number of aromatic hydroxyl groups is 1. The number of hydrogen-bond donors (Lipinski definition) is 2. The minimum Gasteiger partial charge on any atom is -0.507 e. The molecule has 12 heteroatoms. The smallest absolute Gasteiger partial charge is 0.257 e. The first-order valence-corrected chi connectivity index (χ1v) is 12.5. The van der Waals surface area contributed by atoms with Crippen molar-refractivity contribution in [3.63, 3.8) is 0 Å². The van der Waals surface area contributed by atoms with Crippen LogP contribution in [-0.2, 0) is 0 Å². The zero-order chi connectivity index (χ0) is 26.1. The van der Waals surface area contributed by atoms with E-state index in [1.165, 1.54) is 6.33 Å². The fourth-order valence-corrected chi connectivity index (χ4v) is 5.41. The molecular weight excluding hydrogens is 482 g/mol. The summed E-state index contributed by atoms with van der Waals surface area (Å²) in [6.45, 7) is 7.62. The van der Waals surface area contributed by atoms with Crippen molar-refractivity contribution in [1.29, 1.82) is 0 Å². The molecule has 2 saturated heterocycles. The summed E-state index contributed by atoms with van der Waals surface area (Å²) in [5.41, 5.74) is 1.29. The molecule has 0 saturated carbocycles. The van der Waals surface area contributed by atoms with E-state index in [4.69, 9.17) is 0 Å². The minimum absolute atomic E-state index is 0.205.